The van der Waals surface area contributed by atoms with E-state index in [9.17, 15) is 14.4 Å². The maximum atomic E-state index is 12.6. The largest absolute Gasteiger partial charge is 0.493 e. The third-order valence-electron chi connectivity index (χ3n) is 4.49. The fraction of sp³-hybridized carbons (Fsp3) is 0.375. The predicted octanol–water partition coefficient (Wildman–Crippen LogP) is 4.42. The first-order valence-electron chi connectivity index (χ1n) is 10.9. The highest BCUT2D eigenvalue weighted by atomic mass is 79.9. The van der Waals surface area contributed by atoms with Crippen molar-refractivity contribution in [1.82, 2.24) is 10.9 Å². The molecular weight excluding hydrogens is 492 g/mol. The van der Waals surface area contributed by atoms with Gasteiger partial charge in [-0.25, -0.2) is 4.79 Å². The average Bonchev–Trinajstić information content (AvgIpc) is 2.82. The molecule has 0 heterocycles. The van der Waals surface area contributed by atoms with Gasteiger partial charge in [0.25, 0.3) is 11.8 Å². The summed E-state index contributed by atoms with van der Waals surface area (Å²) < 4.78 is 16.8. The summed E-state index contributed by atoms with van der Waals surface area (Å²) in [4.78, 5) is 36.3. The summed E-state index contributed by atoms with van der Waals surface area (Å²) >= 11 is 3.35. The highest BCUT2D eigenvalue weighted by molar-refractivity contribution is 9.10. The molecular formula is C24H29BrN2O6. The molecule has 8 nitrogen and oxygen atoms in total. The highest BCUT2D eigenvalue weighted by Crippen LogP contribution is 2.23. The van der Waals surface area contributed by atoms with Crippen LogP contribution >= 0.6 is 15.9 Å². The van der Waals surface area contributed by atoms with E-state index in [1.807, 2.05) is 0 Å². The van der Waals surface area contributed by atoms with Gasteiger partial charge in [-0.15, -0.1) is 0 Å². The molecule has 2 aromatic rings. The molecule has 2 rings (SSSR count). The number of unbranched alkanes of at least 4 members (excludes halogenated alkanes) is 3. The number of halogens is 1. The molecule has 0 aliphatic rings. The van der Waals surface area contributed by atoms with Crippen LogP contribution in [-0.4, -0.2) is 37.6 Å². The van der Waals surface area contributed by atoms with Crippen LogP contribution in [0, 0.1) is 0 Å². The van der Waals surface area contributed by atoms with Crippen molar-refractivity contribution in [2.75, 3.05) is 19.8 Å². The average molecular weight is 521 g/mol. The minimum absolute atomic E-state index is 0.287. The molecule has 0 saturated carbocycles. The zero-order valence-corrected chi connectivity index (χ0v) is 20.4. The number of carbonyl (C=O) groups excluding carboxylic acids is 3. The molecule has 9 heteroatoms. The van der Waals surface area contributed by atoms with Crippen molar-refractivity contribution in [2.45, 2.75) is 39.5 Å². The van der Waals surface area contributed by atoms with Crippen LogP contribution in [0.4, 0.5) is 0 Å². The maximum absolute atomic E-state index is 12.6. The van der Waals surface area contributed by atoms with Gasteiger partial charge in [0.05, 0.1) is 24.3 Å². The predicted molar refractivity (Wildman–Crippen MR) is 127 cm³/mol. The Morgan fingerprint density at radius 2 is 1.67 bits per heavy atom. The molecule has 0 saturated heterocycles. The second kappa shape index (κ2) is 14.2. The Balaban J connectivity index is 1.83. The Bertz CT molecular complexity index is 933. The molecule has 2 aromatic carbocycles. The summed E-state index contributed by atoms with van der Waals surface area (Å²) in [7, 11) is 0. The highest BCUT2D eigenvalue weighted by Gasteiger charge is 2.15. The monoisotopic (exact) mass is 520 g/mol. The Morgan fingerprint density at radius 1 is 0.909 bits per heavy atom. The van der Waals surface area contributed by atoms with Gasteiger partial charge >= 0.3 is 5.97 Å². The number of ether oxygens (including phenoxy) is 3. The molecule has 0 bridgehead atoms. The fourth-order valence-electron chi connectivity index (χ4n) is 2.80. The van der Waals surface area contributed by atoms with E-state index in [2.05, 4.69) is 33.7 Å². The molecule has 0 unspecified atom stereocenters. The van der Waals surface area contributed by atoms with Gasteiger partial charge in [0.2, 0.25) is 0 Å². The zero-order chi connectivity index (χ0) is 24.1. The van der Waals surface area contributed by atoms with Gasteiger partial charge in [-0.05, 0) is 55.8 Å². The quantitative estimate of drug-likeness (QED) is 0.244. The van der Waals surface area contributed by atoms with Gasteiger partial charge in [0.15, 0.2) is 6.61 Å². The lowest BCUT2D eigenvalue weighted by molar-refractivity contribution is -0.123. The van der Waals surface area contributed by atoms with E-state index in [4.69, 9.17) is 14.2 Å². The summed E-state index contributed by atoms with van der Waals surface area (Å²) in [6.07, 6.45) is 4.24. The SMILES string of the molecule is CCCCCCOc1ccc(Br)cc1C(=O)NNC(=O)COc1ccc(C(=O)OCC)cc1. The Hall–Kier alpha value is -3.07. The summed E-state index contributed by atoms with van der Waals surface area (Å²) in [5.41, 5.74) is 5.38. The smallest absolute Gasteiger partial charge is 0.338 e. The number of nitrogens with one attached hydrogen (secondary N) is 2. The Labute approximate surface area is 202 Å². The first-order chi connectivity index (χ1) is 15.9. The van der Waals surface area contributed by atoms with Crippen molar-refractivity contribution >= 4 is 33.7 Å². The summed E-state index contributed by atoms with van der Waals surface area (Å²) in [6, 6.07) is 11.3. The number of hydrazine groups is 1. The molecule has 178 valence electrons. The number of rotatable bonds is 12. The number of hydrogen-bond acceptors (Lipinski definition) is 6. The second-order valence-electron chi connectivity index (χ2n) is 7.09. The minimum atomic E-state index is -0.546. The number of benzene rings is 2. The van der Waals surface area contributed by atoms with Crippen LogP contribution in [-0.2, 0) is 9.53 Å². The van der Waals surface area contributed by atoms with E-state index < -0.39 is 17.8 Å². The molecule has 0 spiro atoms. The van der Waals surface area contributed by atoms with Crippen LogP contribution in [0.1, 0.15) is 60.2 Å². The van der Waals surface area contributed by atoms with Gasteiger partial charge in [-0.2, -0.15) is 0 Å². The number of esters is 1. The molecule has 0 aliphatic heterocycles. The van der Waals surface area contributed by atoms with Crippen LogP contribution in [0.2, 0.25) is 0 Å². The normalized spacial score (nSPS) is 10.3. The Kier molecular flexibility index (Phi) is 11.2. The summed E-state index contributed by atoms with van der Waals surface area (Å²) in [5.74, 6) is -0.641. The van der Waals surface area contributed by atoms with Crippen molar-refractivity contribution in [3.05, 3.63) is 58.1 Å². The lowest BCUT2D eigenvalue weighted by Crippen LogP contribution is -2.44. The summed E-state index contributed by atoms with van der Waals surface area (Å²) in [5, 5.41) is 0. The zero-order valence-electron chi connectivity index (χ0n) is 18.8. The first-order valence-corrected chi connectivity index (χ1v) is 11.6. The molecule has 2 N–H and O–H groups in total. The molecule has 0 fully saturated rings. The molecule has 0 aromatic heterocycles. The van der Waals surface area contributed by atoms with Crippen LogP contribution in [0.25, 0.3) is 0 Å². The van der Waals surface area contributed by atoms with Gasteiger partial charge in [0, 0.05) is 4.47 Å². The molecule has 2 amide bonds. The van der Waals surface area contributed by atoms with Crippen molar-refractivity contribution in [3.63, 3.8) is 0 Å². The maximum Gasteiger partial charge on any atom is 0.338 e. The van der Waals surface area contributed by atoms with E-state index in [-0.39, 0.29) is 13.2 Å². The number of amides is 2. The first kappa shape index (κ1) is 26.2. The van der Waals surface area contributed by atoms with Gasteiger partial charge in [-0.1, -0.05) is 42.1 Å². The fourth-order valence-corrected chi connectivity index (χ4v) is 3.16. The van der Waals surface area contributed by atoms with E-state index in [1.165, 1.54) is 0 Å². The van der Waals surface area contributed by atoms with Crippen molar-refractivity contribution in [3.8, 4) is 11.5 Å². The topological polar surface area (TPSA) is 103 Å². The standard InChI is InChI=1S/C24H29BrN2O6/c1-3-5-6-7-14-32-21-13-10-18(25)15-20(21)23(29)27-26-22(28)16-33-19-11-8-17(9-12-19)24(30)31-4-2/h8-13,15H,3-7,14,16H2,1-2H3,(H,26,28)(H,27,29). The van der Waals surface area contributed by atoms with E-state index >= 15 is 0 Å². The van der Waals surface area contributed by atoms with Crippen LogP contribution < -0.4 is 20.3 Å². The molecule has 0 aliphatic carbocycles. The van der Waals surface area contributed by atoms with E-state index in [1.54, 1.807) is 49.4 Å². The van der Waals surface area contributed by atoms with Crippen molar-refractivity contribution < 1.29 is 28.6 Å². The van der Waals surface area contributed by atoms with E-state index in [0.717, 1.165) is 25.7 Å². The van der Waals surface area contributed by atoms with Crippen LogP contribution in [0.3, 0.4) is 0 Å². The lowest BCUT2D eigenvalue weighted by atomic mass is 10.2. The summed E-state index contributed by atoms with van der Waals surface area (Å²) in [6.45, 7) is 4.34. The minimum Gasteiger partial charge on any atom is -0.493 e. The number of hydrogen-bond donors (Lipinski definition) is 2. The van der Waals surface area contributed by atoms with Crippen LogP contribution in [0.15, 0.2) is 46.9 Å². The Morgan fingerprint density at radius 3 is 2.36 bits per heavy atom. The third kappa shape index (κ3) is 9.13. The molecule has 33 heavy (non-hydrogen) atoms. The third-order valence-corrected chi connectivity index (χ3v) is 4.99. The van der Waals surface area contributed by atoms with Gasteiger partial charge in [0.1, 0.15) is 11.5 Å². The number of carbonyl (C=O) groups is 3. The van der Waals surface area contributed by atoms with Crippen LogP contribution in [0.5, 0.6) is 11.5 Å². The molecule has 0 atom stereocenters. The van der Waals surface area contributed by atoms with Gasteiger partial charge < -0.3 is 14.2 Å². The second-order valence-corrected chi connectivity index (χ2v) is 8.00. The van der Waals surface area contributed by atoms with Crippen molar-refractivity contribution in [1.29, 1.82) is 0 Å². The van der Waals surface area contributed by atoms with E-state index in [0.29, 0.717) is 33.7 Å². The van der Waals surface area contributed by atoms with Crippen molar-refractivity contribution in [2.24, 2.45) is 0 Å². The lowest BCUT2D eigenvalue weighted by Gasteiger charge is -2.13. The molecule has 0 radical (unpaired) electrons. The van der Waals surface area contributed by atoms with Gasteiger partial charge in [-0.3, -0.25) is 20.4 Å².